The number of nitrogens with zero attached hydrogens (tertiary/aromatic N) is 1. The van der Waals surface area contributed by atoms with E-state index in [4.69, 9.17) is 22.1 Å². The monoisotopic (exact) mass is 360 g/mol. The number of rotatable bonds is 5. The average molecular weight is 361 g/mol. The molecule has 1 amide bonds. The summed E-state index contributed by atoms with van der Waals surface area (Å²) in [5, 5.41) is 1.15. The Hall–Kier alpha value is -2.53. The second kappa shape index (κ2) is 6.76. The minimum absolute atomic E-state index is 0.112. The number of ether oxygens (including phenoxy) is 1. The van der Waals surface area contributed by atoms with Crippen LogP contribution < -0.4 is 10.5 Å². The van der Waals surface area contributed by atoms with Crippen molar-refractivity contribution in [2.45, 2.75) is 19.4 Å². The molecular formula is C19H18ClFN2O2. The molecule has 1 atom stereocenters. The predicted octanol–water partition coefficient (Wildman–Crippen LogP) is 4.14. The maximum absolute atomic E-state index is 14.5. The summed E-state index contributed by atoms with van der Waals surface area (Å²) in [7, 11) is 1.83. The molecule has 0 aliphatic rings. The van der Waals surface area contributed by atoms with Crippen LogP contribution in [0.4, 0.5) is 4.39 Å². The van der Waals surface area contributed by atoms with E-state index in [-0.39, 0.29) is 12.4 Å². The summed E-state index contributed by atoms with van der Waals surface area (Å²) in [5.74, 6) is -1.41. The lowest BCUT2D eigenvalue weighted by Gasteiger charge is -2.12. The Balaban J connectivity index is 2.07. The Morgan fingerprint density at radius 1 is 1.36 bits per heavy atom. The summed E-state index contributed by atoms with van der Waals surface area (Å²) in [5.41, 5.74) is 7.68. The first kappa shape index (κ1) is 17.3. The molecule has 6 heteroatoms. The molecule has 0 fully saturated rings. The maximum atomic E-state index is 14.5. The molecule has 25 heavy (non-hydrogen) atoms. The van der Waals surface area contributed by atoms with Crippen molar-refractivity contribution in [3.8, 4) is 5.75 Å². The summed E-state index contributed by atoms with van der Waals surface area (Å²) < 4.78 is 22.1. The fourth-order valence-electron chi connectivity index (χ4n) is 2.87. The Bertz CT molecular complexity index is 952. The lowest BCUT2D eigenvalue weighted by molar-refractivity contribution is -0.119. The fourth-order valence-corrected chi connectivity index (χ4v) is 3.08. The van der Waals surface area contributed by atoms with Crippen molar-refractivity contribution in [2.24, 2.45) is 12.8 Å². The standard InChI is InChI=1S/C19H18ClFN2O2/c1-11(19(22)24)14-9-23(2)16-7-6-15(21)18(17(14)16)25-10-12-4-3-5-13(20)8-12/h3-9,11H,10H2,1-2H3,(H2,22,24). The van der Waals surface area contributed by atoms with E-state index in [9.17, 15) is 9.18 Å². The highest BCUT2D eigenvalue weighted by Crippen LogP contribution is 2.36. The van der Waals surface area contributed by atoms with Gasteiger partial charge in [0.2, 0.25) is 5.91 Å². The Morgan fingerprint density at radius 3 is 2.80 bits per heavy atom. The third-order valence-corrected chi connectivity index (χ3v) is 4.49. The van der Waals surface area contributed by atoms with Gasteiger partial charge < -0.3 is 15.0 Å². The van der Waals surface area contributed by atoms with Crippen LogP contribution in [0.3, 0.4) is 0 Å². The number of aryl methyl sites for hydroxylation is 1. The number of carbonyl (C=O) groups is 1. The molecule has 0 bridgehead atoms. The van der Waals surface area contributed by atoms with Gasteiger partial charge in [-0.05, 0) is 42.3 Å². The summed E-state index contributed by atoms with van der Waals surface area (Å²) in [6.07, 6.45) is 1.78. The highest BCUT2D eigenvalue weighted by atomic mass is 35.5. The zero-order valence-corrected chi connectivity index (χ0v) is 14.7. The van der Waals surface area contributed by atoms with Gasteiger partial charge in [0, 0.05) is 23.7 Å². The second-order valence-electron chi connectivity index (χ2n) is 6.01. The van der Waals surface area contributed by atoms with Gasteiger partial charge in [-0.1, -0.05) is 23.7 Å². The van der Waals surface area contributed by atoms with Gasteiger partial charge >= 0.3 is 0 Å². The number of amides is 1. The van der Waals surface area contributed by atoms with E-state index in [1.807, 2.05) is 17.7 Å². The van der Waals surface area contributed by atoms with Gasteiger partial charge in [-0.15, -0.1) is 0 Å². The summed E-state index contributed by atoms with van der Waals surface area (Å²) in [6.45, 7) is 1.86. The molecule has 0 saturated carbocycles. The van der Waals surface area contributed by atoms with Crippen LogP contribution in [0.2, 0.25) is 5.02 Å². The number of hydrogen-bond donors (Lipinski definition) is 1. The van der Waals surface area contributed by atoms with Crippen LogP contribution in [0, 0.1) is 5.82 Å². The molecule has 0 spiro atoms. The number of carbonyl (C=O) groups excluding carboxylic acids is 1. The lowest BCUT2D eigenvalue weighted by atomic mass is 9.99. The summed E-state index contributed by atoms with van der Waals surface area (Å²) in [6, 6.07) is 10.2. The van der Waals surface area contributed by atoms with Crippen molar-refractivity contribution in [1.82, 2.24) is 4.57 Å². The number of hydrogen-bond acceptors (Lipinski definition) is 2. The van der Waals surface area contributed by atoms with Crippen LogP contribution in [0.1, 0.15) is 24.0 Å². The molecule has 130 valence electrons. The van der Waals surface area contributed by atoms with Crippen LogP contribution in [0.5, 0.6) is 5.75 Å². The minimum Gasteiger partial charge on any atom is -0.485 e. The van der Waals surface area contributed by atoms with E-state index in [0.717, 1.165) is 11.1 Å². The van der Waals surface area contributed by atoms with E-state index >= 15 is 0 Å². The molecule has 1 heterocycles. The maximum Gasteiger partial charge on any atom is 0.224 e. The van der Waals surface area contributed by atoms with Gasteiger partial charge in [-0.3, -0.25) is 4.79 Å². The first-order chi connectivity index (χ1) is 11.9. The minimum atomic E-state index is -0.556. The van der Waals surface area contributed by atoms with Crippen molar-refractivity contribution in [3.63, 3.8) is 0 Å². The molecule has 0 saturated heterocycles. The molecule has 1 aromatic heterocycles. The quantitative estimate of drug-likeness (QED) is 0.743. The average Bonchev–Trinajstić information content (AvgIpc) is 2.90. The third kappa shape index (κ3) is 3.33. The SMILES string of the molecule is CC(C(N)=O)c1cn(C)c2ccc(F)c(OCc3cccc(Cl)c3)c12. The van der Waals surface area contributed by atoms with E-state index in [1.54, 1.807) is 37.4 Å². The van der Waals surface area contributed by atoms with E-state index in [0.29, 0.717) is 16.0 Å². The molecule has 2 aromatic carbocycles. The number of nitrogens with two attached hydrogens (primary N) is 1. The topological polar surface area (TPSA) is 57.2 Å². The Morgan fingerprint density at radius 2 is 2.12 bits per heavy atom. The first-order valence-electron chi connectivity index (χ1n) is 7.82. The van der Waals surface area contributed by atoms with Crippen LogP contribution >= 0.6 is 11.6 Å². The van der Waals surface area contributed by atoms with Crippen molar-refractivity contribution in [1.29, 1.82) is 0 Å². The predicted molar refractivity (Wildman–Crippen MR) is 96.3 cm³/mol. The smallest absolute Gasteiger partial charge is 0.224 e. The normalized spacial score (nSPS) is 12.3. The second-order valence-corrected chi connectivity index (χ2v) is 6.45. The molecular weight excluding hydrogens is 343 g/mol. The van der Waals surface area contributed by atoms with Gasteiger partial charge in [0.05, 0.1) is 11.4 Å². The van der Waals surface area contributed by atoms with Crippen LogP contribution in [0.25, 0.3) is 10.9 Å². The Labute approximate surface area is 149 Å². The molecule has 3 rings (SSSR count). The molecule has 1 unspecified atom stereocenters. The van der Waals surface area contributed by atoms with Crippen molar-refractivity contribution < 1.29 is 13.9 Å². The summed E-state index contributed by atoms with van der Waals surface area (Å²) in [4.78, 5) is 11.6. The molecule has 4 nitrogen and oxygen atoms in total. The number of primary amides is 1. The van der Waals surface area contributed by atoms with Crippen LogP contribution in [-0.2, 0) is 18.4 Å². The van der Waals surface area contributed by atoms with Crippen molar-refractivity contribution in [3.05, 3.63) is 64.6 Å². The number of aromatic nitrogens is 1. The van der Waals surface area contributed by atoms with Gasteiger partial charge in [0.25, 0.3) is 0 Å². The fraction of sp³-hybridized carbons (Fsp3) is 0.211. The molecule has 3 aromatic rings. The number of fused-ring (bicyclic) bond motifs is 1. The molecule has 2 N–H and O–H groups in total. The number of halogens is 2. The number of benzene rings is 2. The first-order valence-corrected chi connectivity index (χ1v) is 8.20. The van der Waals surface area contributed by atoms with E-state index < -0.39 is 17.6 Å². The van der Waals surface area contributed by atoms with Crippen molar-refractivity contribution in [2.75, 3.05) is 0 Å². The zero-order valence-electron chi connectivity index (χ0n) is 13.9. The van der Waals surface area contributed by atoms with Gasteiger partial charge in [-0.2, -0.15) is 0 Å². The van der Waals surface area contributed by atoms with Crippen LogP contribution in [-0.4, -0.2) is 10.5 Å². The van der Waals surface area contributed by atoms with Crippen LogP contribution in [0.15, 0.2) is 42.6 Å². The third-order valence-electron chi connectivity index (χ3n) is 4.25. The molecule has 0 aliphatic carbocycles. The largest absolute Gasteiger partial charge is 0.485 e. The Kier molecular flexibility index (Phi) is 4.68. The molecule has 0 aliphatic heterocycles. The zero-order chi connectivity index (χ0) is 18.1. The van der Waals surface area contributed by atoms with Gasteiger partial charge in [-0.25, -0.2) is 4.39 Å². The lowest BCUT2D eigenvalue weighted by Crippen LogP contribution is -2.18. The van der Waals surface area contributed by atoms with Gasteiger partial charge in [0.1, 0.15) is 6.61 Å². The van der Waals surface area contributed by atoms with Crippen molar-refractivity contribution >= 4 is 28.4 Å². The van der Waals surface area contributed by atoms with Gasteiger partial charge in [0.15, 0.2) is 11.6 Å². The highest BCUT2D eigenvalue weighted by Gasteiger charge is 2.22. The van der Waals surface area contributed by atoms with E-state index in [1.165, 1.54) is 6.07 Å². The highest BCUT2D eigenvalue weighted by molar-refractivity contribution is 6.30. The van der Waals surface area contributed by atoms with E-state index in [2.05, 4.69) is 0 Å². The summed E-state index contributed by atoms with van der Waals surface area (Å²) >= 11 is 5.97. The molecule has 0 radical (unpaired) electrons.